The van der Waals surface area contributed by atoms with Crippen LogP contribution in [0.4, 0.5) is 0 Å². The van der Waals surface area contributed by atoms with Crippen LogP contribution < -0.4 is 5.73 Å². The summed E-state index contributed by atoms with van der Waals surface area (Å²) >= 11 is 0. The lowest BCUT2D eigenvalue weighted by atomic mass is 10.2. The molecule has 0 fully saturated rings. The van der Waals surface area contributed by atoms with Crippen molar-refractivity contribution in [3.05, 3.63) is 18.0 Å². The average Bonchev–Trinajstić information content (AvgIpc) is 2.63. The van der Waals surface area contributed by atoms with Crippen molar-refractivity contribution in [1.29, 1.82) is 0 Å². The molecule has 86 valence electrons. The van der Waals surface area contributed by atoms with Crippen LogP contribution in [0.3, 0.4) is 0 Å². The van der Waals surface area contributed by atoms with Crippen molar-refractivity contribution in [1.82, 2.24) is 9.78 Å². The van der Waals surface area contributed by atoms with Crippen LogP contribution in [-0.2, 0) is 11.2 Å². The smallest absolute Gasteiger partial charge is 0.0641 e. The van der Waals surface area contributed by atoms with Gasteiger partial charge in [0.1, 0.15) is 0 Å². The third kappa shape index (κ3) is 4.01. The summed E-state index contributed by atoms with van der Waals surface area (Å²) in [6.45, 7) is 7.51. The lowest BCUT2D eigenvalue weighted by Crippen LogP contribution is -2.28. The van der Waals surface area contributed by atoms with E-state index >= 15 is 0 Å². The molecule has 0 radical (unpaired) electrons. The summed E-state index contributed by atoms with van der Waals surface area (Å²) in [4.78, 5) is 0. The molecule has 0 amide bonds. The molecule has 1 atom stereocenters. The summed E-state index contributed by atoms with van der Waals surface area (Å²) in [6, 6.07) is 2.47. The quantitative estimate of drug-likeness (QED) is 0.773. The van der Waals surface area contributed by atoms with E-state index in [0.29, 0.717) is 19.3 Å². The van der Waals surface area contributed by atoms with E-state index in [-0.39, 0.29) is 6.04 Å². The Labute approximate surface area is 91.4 Å². The molecule has 0 aliphatic rings. The van der Waals surface area contributed by atoms with Gasteiger partial charge in [-0.15, -0.1) is 0 Å². The number of nitrogens with two attached hydrogens (primary N) is 1. The number of hydrogen-bond acceptors (Lipinski definition) is 3. The van der Waals surface area contributed by atoms with Crippen LogP contribution in [0.1, 0.15) is 32.5 Å². The lowest BCUT2D eigenvalue weighted by molar-refractivity contribution is 0.133. The average molecular weight is 211 g/mol. The predicted octanol–water partition coefficient (Wildman–Crippen LogP) is 1.37. The monoisotopic (exact) mass is 211 g/mol. The van der Waals surface area contributed by atoms with E-state index in [2.05, 4.69) is 18.9 Å². The summed E-state index contributed by atoms with van der Waals surface area (Å²) < 4.78 is 7.21. The Morgan fingerprint density at radius 2 is 2.27 bits per heavy atom. The third-order valence-corrected chi connectivity index (χ3v) is 2.20. The highest BCUT2D eigenvalue weighted by Gasteiger charge is 2.07. The third-order valence-electron chi connectivity index (χ3n) is 2.20. The zero-order valence-electron chi connectivity index (χ0n) is 9.81. The van der Waals surface area contributed by atoms with E-state index < -0.39 is 0 Å². The van der Waals surface area contributed by atoms with E-state index in [4.69, 9.17) is 10.5 Å². The SMILES string of the molecule is CCOCC(N)Cc1ccn(C(C)C)n1. The maximum absolute atomic E-state index is 5.90. The molecule has 0 aromatic carbocycles. The van der Waals surface area contributed by atoms with Crippen molar-refractivity contribution in [2.75, 3.05) is 13.2 Å². The van der Waals surface area contributed by atoms with Crippen molar-refractivity contribution >= 4 is 0 Å². The van der Waals surface area contributed by atoms with Crippen molar-refractivity contribution in [2.24, 2.45) is 5.73 Å². The molecule has 4 nitrogen and oxygen atoms in total. The largest absolute Gasteiger partial charge is 0.380 e. The highest BCUT2D eigenvalue weighted by Crippen LogP contribution is 2.05. The molecule has 15 heavy (non-hydrogen) atoms. The summed E-state index contributed by atoms with van der Waals surface area (Å²) in [6.07, 6.45) is 2.77. The van der Waals surface area contributed by atoms with Gasteiger partial charge in [-0.2, -0.15) is 5.10 Å². The fraction of sp³-hybridized carbons (Fsp3) is 0.727. The second-order valence-electron chi connectivity index (χ2n) is 4.00. The maximum Gasteiger partial charge on any atom is 0.0641 e. The van der Waals surface area contributed by atoms with Gasteiger partial charge in [-0.3, -0.25) is 4.68 Å². The van der Waals surface area contributed by atoms with Gasteiger partial charge < -0.3 is 10.5 Å². The number of ether oxygens (including phenoxy) is 1. The van der Waals surface area contributed by atoms with Crippen LogP contribution in [0.2, 0.25) is 0 Å². The molecule has 1 rings (SSSR count). The molecule has 2 N–H and O–H groups in total. The second-order valence-corrected chi connectivity index (χ2v) is 4.00. The lowest BCUT2D eigenvalue weighted by Gasteiger charge is -2.09. The number of hydrogen-bond donors (Lipinski definition) is 1. The molecule has 1 heterocycles. The van der Waals surface area contributed by atoms with Crippen molar-refractivity contribution in [3.8, 4) is 0 Å². The first kappa shape index (κ1) is 12.2. The number of rotatable bonds is 6. The molecular formula is C11H21N3O. The second kappa shape index (κ2) is 5.88. The van der Waals surface area contributed by atoms with E-state index in [1.807, 2.05) is 23.9 Å². The molecule has 0 saturated heterocycles. The Kier molecular flexibility index (Phi) is 4.78. The van der Waals surface area contributed by atoms with Crippen LogP contribution in [0, 0.1) is 0 Å². The maximum atomic E-state index is 5.90. The number of aromatic nitrogens is 2. The van der Waals surface area contributed by atoms with Crippen LogP contribution in [0.5, 0.6) is 0 Å². The van der Waals surface area contributed by atoms with Gasteiger partial charge in [0.05, 0.1) is 12.3 Å². The Balaban J connectivity index is 2.42. The van der Waals surface area contributed by atoms with Gasteiger partial charge in [0.25, 0.3) is 0 Å². The minimum absolute atomic E-state index is 0.0421. The zero-order valence-corrected chi connectivity index (χ0v) is 9.81. The van der Waals surface area contributed by atoms with Gasteiger partial charge >= 0.3 is 0 Å². The summed E-state index contributed by atoms with van der Waals surface area (Å²) in [5.41, 5.74) is 6.94. The molecule has 1 aromatic heterocycles. The van der Waals surface area contributed by atoms with Gasteiger partial charge in [-0.05, 0) is 26.8 Å². The van der Waals surface area contributed by atoms with E-state index in [1.54, 1.807) is 0 Å². The molecule has 0 saturated carbocycles. The fourth-order valence-corrected chi connectivity index (χ4v) is 1.37. The Hall–Kier alpha value is -0.870. The molecule has 0 aliphatic carbocycles. The Bertz CT molecular complexity index is 283. The van der Waals surface area contributed by atoms with Gasteiger partial charge in [-0.25, -0.2) is 0 Å². The van der Waals surface area contributed by atoms with Gasteiger partial charge in [-0.1, -0.05) is 0 Å². The Morgan fingerprint density at radius 1 is 1.53 bits per heavy atom. The Morgan fingerprint density at radius 3 is 2.80 bits per heavy atom. The fourth-order valence-electron chi connectivity index (χ4n) is 1.37. The topological polar surface area (TPSA) is 53.1 Å². The van der Waals surface area contributed by atoms with Crippen LogP contribution in [0.25, 0.3) is 0 Å². The minimum Gasteiger partial charge on any atom is -0.380 e. The first-order chi connectivity index (χ1) is 7.13. The van der Waals surface area contributed by atoms with Crippen LogP contribution >= 0.6 is 0 Å². The molecular weight excluding hydrogens is 190 g/mol. The van der Waals surface area contributed by atoms with Crippen molar-refractivity contribution < 1.29 is 4.74 Å². The minimum atomic E-state index is 0.0421. The van der Waals surface area contributed by atoms with Crippen molar-refractivity contribution in [3.63, 3.8) is 0 Å². The predicted molar refractivity (Wildman–Crippen MR) is 60.8 cm³/mol. The molecule has 1 unspecified atom stereocenters. The van der Waals surface area contributed by atoms with E-state index in [1.165, 1.54) is 0 Å². The zero-order chi connectivity index (χ0) is 11.3. The number of nitrogens with zero attached hydrogens (tertiary/aromatic N) is 2. The van der Waals surface area contributed by atoms with E-state index in [0.717, 1.165) is 12.1 Å². The molecule has 0 aliphatic heterocycles. The normalized spacial score (nSPS) is 13.4. The van der Waals surface area contributed by atoms with Gasteiger partial charge in [0.15, 0.2) is 0 Å². The van der Waals surface area contributed by atoms with Crippen LogP contribution in [-0.4, -0.2) is 29.0 Å². The summed E-state index contributed by atoms with van der Waals surface area (Å²) in [5, 5.41) is 4.44. The molecule has 4 heteroatoms. The summed E-state index contributed by atoms with van der Waals surface area (Å²) in [7, 11) is 0. The molecule has 0 bridgehead atoms. The first-order valence-corrected chi connectivity index (χ1v) is 5.50. The standard InChI is InChI=1S/C11H21N3O/c1-4-15-8-10(12)7-11-5-6-14(13-11)9(2)3/h5-6,9-10H,4,7-8,12H2,1-3H3. The highest BCUT2D eigenvalue weighted by molar-refractivity contribution is 5.01. The van der Waals surface area contributed by atoms with Crippen molar-refractivity contribution in [2.45, 2.75) is 39.3 Å². The summed E-state index contributed by atoms with van der Waals surface area (Å²) in [5.74, 6) is 0. The van der Waals surface area contributed by atoms with Gasteiger partial charge in [0.2, 0.25) is 0 Å². The molecule has 1 aromatic rings. The van der Waals surface area contributed by atoms with Crippen LogP contribution in [0.15, 0.2) is 12.3 Å². The van der Waals surface area contributed by atoms with E-state index in [9.17, 15) is 0 Å². The van der Waals surface area contributed by atoms with Gasteiger partial charge in [0, 0.05) is 31.3 Å². The molecule has 0 spiro atoms. The first-order valence-electron chi connectivity index (χ1n) is 5.50. The highest BCUT2D eigenvalue weighted by atomic mass is 16.5.